The van der Waals surface area contributed by atoms with Gasteiger partial charge in [-0.3, -0.25) is 0 Å². The standard InChI is InChI=1S/C12H22O/c1-9-3-4-11-8-12(13-2)6-5-10(11)7-9/h9-12H,3-8H2,1-2H3. The van der Waals surface area contributed by atoms with Gasteiger partial charge >= 0.3 is 0 Å². The fourth-order valence-corrected chi connectivity index (χ4v) is 3.29. The lowest BCUT2D eigenvalue weighted by molar-refractivity contribution is 0.00798. The van der Waals surface area contributed by atoms with E-state index in [1.165, 1.54) is 38.5 Å². The summed E-state index contributed by atoms with van der Waals surface area (Å²) in [6.45, 7) is 2.42. The first-order valence-electron chi connectivity index (χ1n) is 5.82. The van der Waals surface area contributed by atoms with E-state index in [1.807, 2.05) is 7.11 Å². The molecule has 0 N–H and O–H groups in total. The third-order valence-electron chi connectivity index (χ3n) is 4.16. The normalized spacial score (nSPS) is 45.7. The SMILES string of the molecule is COC1CCC2CC(C)CCC2C1. The first-order valence-corrected chi connectivity index (χ1v) is 5.82. The molecular weight excluding hydrogens is 160 g/mol. The molecule has 0 saturated heterocycles. The number of fused-ring (bicyclic) bond motifs is 1. The second kappa shape index (κ2) is 4.00. The molecule has 0 aromatic heterocycles. The Morgan fingerprint density at radius 1 is 0.923 bits per heavy atom. The van der Waals surface area contributed by atoms with Gasteiger partial charge in [-0.1, -0.05) is 13.3 Å². The Bertz CT molecular complexity index is 167. The molecule has 1 heteroatoms. The molecule has 1 nitrogen and oxygen atoms in total. The molecular formula is C12H22O. The first kappa shape index (κ1) is 9.51. The van der Waals surface area contributed by atoms with Gasteiger partial charge in [-0.2, -0.15) is 0 Å². The number of hydrogen-bond donors (Lipinski definition) is 0. The summed E-state index contributed by atoms with van der Waals surface area (Å²) in [7, 11) is 1.87. The van der Waals surface area contributed by atoms with E-state index < -0.39 is 0 Å². The van der Waals surface area contributed by atoms with Crippen molar-refractivity contribution in [2.24, 2.45) is 17.8 Å². The lowest BCUT2D eigenvalue weighted by Crippen LogP contribution is -2.33. The van der Waals surface area contributed by atoms with Crippen molar-refractivity contribution in [2.45, 2.75) is 51.6 Å². The smallest absolute Gasteiger partial charge is 0.0574 e. The second-order valence-electron chi connectivity index (χ2n) is 5.11. The average molecular weight is 182 g/mol. The maximum atomic E-state index is 5.47. The summed E-state index contributed by atoms with van der Waals surface area (Å²) in [5.41, 5.74) is 0. The Balaban J connectivity index is 1.90. The summed E-state index contributed by atoms with van der Waals surface area (Å²) in [6.07, 6.45) is 9.06. The van der Waals surface area contributed by atoms with Crippen LogP contribution in [-0.4, -0.2) is 13.2 Å². The quantitative estimate of drug-likeness (QED) is 0.605. The Morgan fingerprint density at radius 3 is 2.38 bits per heavy atom. The third-order valence-corrected chi connectivity index (χ3v) is 4.16. The highest BCUT2D eigenvalue weighted by Crippen LogP contribution is 2.43. The lowest BCUT2D eigenvalue weighted by Gasteiger charge is -2.40. The number of ether oxygens (including phenoxy) is 1. The maximum Gasteiger partial charge on any atom is 0.0574 e. The Kier molecular flexibility index (Phi) is 2.92. The molecule has 0 heterocycles. The zero-order valence-electron chi connectivity index (χ0n) is 8.96. The molecule has 2 aliphatic rings. The number of methoxy groups -OCH3 is 1. The molecule has 0 amide bonds. The van der Waals surface area contributed by atoms with Crippen LogP contribution in [0.5, 0.6) is 0 Å². The predicted octanol–water partition coefficient (Wildman–Crippen LogP) is 3.24. The summed E-state index contributed by atoms with van der Waals surface area (Å²) >= 11 is 0. The zero-order chi connectivity index (χ0) is 9.26. The van der Waals surface area contributed by atoms with Crippen LogP contribution in [0.1, 0.15) is 45.4 Å². The Hall–Kier alpha value is -0.0400. The molecule has 0 radical (unpaired) electrons. The lowest BCUT2D eigenvalue weighted by atomic mass is 9.67. The van der Waals surface area contributed by atoms with Gasteiger partial charge in [0, 0.05) is 7.11 Å². The van der Waals surface area contributed by atoms with Crippen LogP contribution in [0.2, 0.25) is 0 Å². The van der Waals surface area contributed by atoms with Crippen LogP contribution < -0.4 is 0 Å². The van der Waals surface area contributed by atoms with E-state index in [9.17, 15) is 0 Å². The molecule has 2 aliphatic carbocycles. The Labute approximate surface area is 81.9 Å². The predicted molar refractivity (Wildman–Crippen MR) is 54.6 cm³/mol. The van der Waals surface area contributed by atoms with Crippen molar-refractivity contribution in [1.29, 1.82) is 0 Å². The van der Waals surface area contributed by atoms with Crippen molar-refractivity contribution in [3.05, 3.63) is 0 Å². The Morgan fingerprint density at radius 2 is 1.62 bits per heavy atom. The molecule has 0 aliphatic heterocycles. The van der Waals surface area contributed by atoms with E-state index in [4.69, 9.17) is 4.74 Å². The van der Waals surface area contributed by atoms with E-state index in [2.05, 4.69) is 6.92 Å². The van der Waals surface area contributed by atoms with Crippen molar-refractivity contribution >= 4 is 0 Å². The first-order chi connectivity index (χ1) is 6.29. The van der Waals surface area contributed by atoms with Crippen molar-refractivity contribution in [3.8, 4) is 0 Å². The fraction of sp³-hybridized carbons (Fsp3) is 1.00. The summed E-state index contributed by atoms with van der Waals surface area (Å²) in [5.74, 6) is 3.02. The van der Waals surface area contributed by atoms with E-state index >= 15 is 0 Å². The van der Waals surface area contributed by atoms with E-state index in [-0.39, 0.29) is 0 Å². The largest absolute Gasteiger partial charge is 0.381 e. The van der Waals surface area contributed by atoms with Crippen molar-refractivity contribution in [2.75, 3.05) is 7.11 Å². The second-order valence-corrected chi connectivity index (χ2v) is 5.11. The van der Waals surface area contributed by atoms with Gasteiger partial charge in [0.05, 0.1) is 6.10 Å². The van der Waals surface area contributed by atoms with Crippen LogP contribution in [0.3, 0.4) is 0 Å². The summed E-state index contributed by atoms with van der Waals surface area (Å²) in [4.78, 5) is 0. The van der Waals surface area contributed by atoms with Crippen LogP contribution in [0.25, 0.3) is 0 Å². The molecule has 13 heavy (non-hydrogen) atoms. The summed E-state index contributed by atoms with van der Waals surface area (Å²) in [5, 5.41) is 0. The van der Waals surface area contributed by atoms with Gasteiger partial charge in [0.25, 0.3) is 0 Å². The van der Waals surface area contributed by atoms with Crippen molar-refractivity contribution < 1.29 is 4.74 Å². The van der Waals surface area contributed by atoms with Gasteiger partial charge < -0.3 is 4.74 Å². The van der Waals surface area contributed by atoms with Gasteiger partial charge in [-0.25, -0.2) is 0 Å². The van der Waals surface area contributed by atoms with Crippen molar-refractivity contribution in [3.63, 3.8) is 0 Å². The fourth-order valence-electron chi connectivity index (χ4n) is 3.29. The van der Waals surface area contributed by atoms with Crippen LogP contribution in [-0.2, 0) is 4.74 Å². The highest BCUT2D eigenvalue weighted by Gasteiger charge is 2.34. The monoisotopic (exact) mass is 182 g/mol. The number of hydrogen-bond acceptors (Lipinski definition) is 1. The summed E-state index contributed by atoms with van der Waals surface area (Å²) < 4.78 is 5.47. The molecule has 0 aromatic carbocycles. The molecule has 0 aromatic rings. The van der Waals surface area contributed by atoms with Crippen molar-refractivity contribution in [1.82, 2.24) is 0 Å². The molecule has 0 spiro atoms. The molecule has 0 bridgehead atoms. The van der Waals surface area contributed by atoms with Gasteiger partial charge in [-0.05, 0) is 49.9 Å². The average Bonchev–Trinajstić information content (AvgIpc) is 2.17. The number of rotatable bonds is 1. The minimum atomic E-state index is 0.578. The molecule has 2 fully saturated rings. The van der Waals surface area contributed by atoms with Crippen LogP contribution in [0.4, 0.5) is 0 Å². The van der Waals surface area contributed by atoms with E-state index in [0.29, 0.717) is 6.10 Å². The molecule has 4 atom stereocenters. The van der Waals surface area contributed by atoms with Gasteiger partial charge in [0.15, 0.2) is 0 Å². The van der Waals surface area contributed by atoms with Gasteiger partial charge in [0.1, 0.15) is 0 Å². The van der Waals surface area contributed by atoms with Crippen LogP contribution >= 0.6 is 0 Å². The molecule has 2 rings (SSSR count). The zero-order valence-corrected chi connectivity index (χ0v) is 8.96. The third kappa shape index (κ3) is 2.07. The van der Waals surface area contributed by atoms with Gasteiger partial charge in [-0.15, -0.1) is 0 Å². The van der Waals surface area contributed by atoms with Gasteiger partial charge in [0.2, 0.25) is 0 Å². The summed E-state index contributed by atoms with van der Waals surface area (Å²) in [6, 6.07) is 0. The molecule has 76 valence electrons. The highest BCUT2D eigenvalue weighted by molar-refractivity contribution is 4.85. The maximum absolute atomic E-state index is 5.47. The van der Waals surface area contributed by atoms with Crippen LogP contribution in [0, 0.1) is 17.8 Å². The molecule has 4 unspecified atom stereocenters. The van der Waals surface area contributed by atoms with Crippen LogP contribution in [0.15, 0.2) is 0 Å². The topological polar surface area (TPSA) is 9.23 Å². The van der Waals surface area contributed by atoms with E-state index in [1.54, 1.807) is 0 Å². The minimum Gasteiger partial charge on any atom is -0.381 e. The minimum absolute atomic E-state index is 0.578. The van der Waals surface area contributed by atoms with E-state index in [0.717, 1.165) is 17.8 Å². The molecule has 2 saturated carbocycles. The highest BCUT2D eigenvalue weighted by atomic mass is 16.5.